The minimum atomic E-state index is -0.421. The first-order chi connectivity index (χ1) is 12.6. The van der Waals surface area contributed by atoms with Gasteiger partial charge in [0, 0.05) is 29.6 Å². The number of hydrogen-bond acceptors (Lipinski definition) is 6. The first-order valence-electron chi connectivity index (χ1n) is 7.61. The van der Waals surface area contributed by atoms with Crippen molar-refractivity contribution >= 4 is 5.95 Å². The van der Waals surface area contributed by atoms with Gasteiger partial charge in [-0.3, -0.25) is 4.79 Å². The van der Waals surface area contributed by atoms with Crippen LogP contribution in [0.4, 0.5) is 10.3 Å². The summed E-state index contributed by atoms with van der Waals surface area (Å²) in [7, 11) is 0. The summed E-state index contributed by atoms with van der Waals surface area (Å²) >= 11 is 0. The lowest BCUT2D eigenvalue weighted by Gasteiger charge is -2.03. The molecule has 0 aliphatic rings. The number of nitrogens with one attached hydrogen (secondary N) is 1. The molecule has 4 rings (SSSR count). The van der Waals surface area contributed by atoms with Gasteiger partial charge < -0.3 is 5.73 Å². The van der Waals surface area contributed by atoms with E-state index in [9.17, 15) is 9.18 Å². The van der Waals surface area contributed by atoms with Crippen LogP contribution in [0.25, 0.3) is 28.3 Å². The molecule has 0 spiro atoms. The molecule has 128 valence electrons. The van der Waals surface area contributed by atoms with E-state index in [4.69, 9.17) is 5.73 Å². The van der Waals surface area contributed by atoms with Crippen LogP contribution in [0.5, 0.6) is 0 Å². The normalized spacial score (nSPS) is 10.8. The van der Waals surface area contributed by atoms with Gasteiger partial charge in [-0.2, -0.15) is 10.2 Å². The fraction of sp³-hybridized carbons (Fsp3) is 0. The second-order valence-electron chi connectivity index (χ2n) is 5.40. The summed E-state index contributed by atoms with van der Waals surface area (Å²) in [6, 6.07) is 10.8. The van der Waals surface area contributed by atoms with Gasteiger partial charge in [-0.1, -0.05) is 12.1 Å². The molecule has 3 heterocycles. The van der Waals surface area contributed by atoms with Crippen molar-refractivity contribution < 1.29 is 4.39 Å². The number of nitrogens with two attached hydrogens (primary N) is 1. The molecule has 0 fully saturated rings. The summed E-state index contributed by atoms with van der Waals surface area (Å²) < 4.78 is 15.8. The van der Waals surface area contributed by atoms with Gasteiger partial charge in [-0.05, 0) is 24.3 Å². The van der Waals surface area contributed by atoms with Gasteiger partial charge in [-0.15, -0.1) is 0 Å². The van der Waals surface area contributed by atoms with Crippen LogP contribution in [0.1, 0.15) is 0 Å². The van der Waals surface area contributed by atoms with Crippen molar-refractivity contribution in [3.63, 3.8) is 0 Å². The fourth-order valence-electron chi connectivity index (χ4n) is 2.52. The number of rotatable bonds is 3. The van der Waals surface area contributed by atoms with Gasteiger partial charge in [0.05, 0.1) is 5.69 Å². The maximum Gasteiger partial charge on any atom is 0.264 e. The van der Waals surface area contributed by atoms with Gasteiger partial charge in [0.2, 0.25) is 5.95 Å². The topological polar surface area (TPSA) is 115 Å². The average molecular weight is 349 g/mol. The van der Waals surface area contributed by atoms with E-state index in [1.165, 1.54) is 29.1 Å². The molecule has 0 bridgehead atoms. The number of aromatic nitrogens is 6. The molecule has 3 N–H and O–H groups in total. The van der Waals surface area contributed by atoms with Crippen LogP contribution in [-0.2, 0) is 0 Å². The first kappa shape index (κ1) is 15.6. The zero-order valence-corrected chi connectivity index (χ0v) is 13.3. The summed E-state index contributed by atoms with van der Waals surface area (Å²) in [5, 5.41) is 10.7. The number of benzene rings is 1. The molecular formula is C17H12FN7O. The molecular weight excluding hydrogens is 337 g/mol. The molecule has 0 amide bonds. The van der Waals surface area contributed by atoms with Crippen LogP contribution in [0.15, 0.2) is 59.7 Å². The molecule has 0 aliphatic heterocycles. The van der Waals surface area contributed by atoms with Crippen LogP contribution < -0.4 is 11.3 Å². The Labute approximate surface area is 146 Å². The van der Waals surface area contributed by atoms with Crippen molar-refractivity contribution in [2.75, 3.05) is 5.73 Å². The van der Waals surface area contributed by atoms with Crippen molar-refractivity contribution in [1.29, 1.82) is 0 Å². The Hall–Kier alpha value is -3.88. The van der Waals surface area contributed by atoms with E-state index in [2.05, 4.69) is 25.3 Å². The largest absolute Gasteiger partial charge is 0.368 e. The Kier molecular flexibility index (Phi) is 3.73. The lowest BCUT2D eigenvalue weighted by Crippen LogP contribution is -2.09. The molecule has 0 unspecified atom stereocenters. The number of H-pyrrole nitrogens is 1. The third-order valence-corrected chi connectivity index (χ3v) is 3.69. The van der Waals surface area contributed by atoms with Gasteiger partial charge in [-0.25, -0.2) is 24.1 Å². The van der Waals surface area contributed by atoms with Gasteiger partial charge in [0.25, 0.3) is 5.56 Å². The van der Waals surface area contributed by atoms with Gasteiger partial charge >= 0.3 is 0 Å². The third-order valence-electron chi connectivity index (χ3n) is 3.69. The summed E-state index contributed by atoms with van der Waals surface area (Å²) in [5.74, 6) is 0.0443. The average Bonchev–Trinajstić information content (AvgIpc) is 3.08. The summed E-state index contributed by atoms with van der Waals surface area (Å²) in [6.45, 7) is 0. The molecule has 8 nitrogen and oxygen atoms in total. The Morgan fingerprint density at radius 2 is 1.92 bits per heavy atom. The van der Waals surface area contributed by atoms with E-state index in [0.29, 0.717) is 28.3 Å². The SMILES string of the molecule is Nc1nccc(-c2cn(-c3ccc(=O)[nH]n3)nc2-c2ccccc2F)n1. The Morgan fingerprint density at radius 3 is 2.65 bits per heavy atom. The molecule has 0 saturated carbocycles. The Morgan fingerprint density at radius 1 is 1.08 bits per heavy atom. The predicted molar refractivity (Wildman–Crippen MR) is 92.8 cm³/mol. The maximum absolute atomic E-state index is 14.3. The zero-order valence-electron chi connectivity index (χ0n) is 13.3. The lowest BCUT2D eigenvalue weighted by atomic mass is 10.1. The van der Waals surface area contributed by atoms with E-state index < -0.39 is 5.82 Å². The first-order valence-corrected chi connectivity index (χ1v) is 7.61. The molecule has 0 saturated heterocycles. The standard InChI is InChI=1S/C17H12FN7O/c18-12-4-2-1-3-10(12)16-11(13-7-8-20-17(19)21-13)9-25(24-16)14-5-6-15(26)23-22-14/h1-9H,(H,23,26)(H2,19,20,21). The number of aromatic amines is 1. The fourth-order valence-corrected chi connectivity index (χ4v) is 2.52. The lowest BCUT2D eigenvalue weighted by molar-refractivity contribution is 0.630. The van der Waals surface area contributed by atoms with Crippen LogP contribution in [0.3, 0.4) is 0 Å². The molecule has 1 aromatic carbocycles. The van der Waals surface area contributed by atoms with E-state index in [0.717, 1.165) is 0 Å². The predicted octanol–water partition coefficient (Wildman–Crippen LogP) is 1.80. The number of nitrogens with zero attached hydrogens (tertiary/aromatic N) is 5. The van der Waals surface area contributed by atoms with Crippen molar-refractivity contribution in [1.82, 2.24) is 29.9 Å². The summed E-state index contributed by atoms with van der Waals surface area (Å²) in [5.41, 5.74) is 7.06. The van der Waals surface area contributed by atoms with E-state index in [-0.39, 0.29) is 11.5 Å². The minimum absolute atomic E-state index is 0.0944. The van der Waals surface area contributed by atoms with Crippen molar-refractivity contribution in [2.45, 2.75) is 0 Å². The number of halogens is 1. The highest BCUT2D eigenvalue weighted by molar-refractivity contribution is 5.79. The number of hydrogen-bond donors (Lipinski definition) is 2. The van der Waals surface area contributed by atoms with E-state index in [1.807, 2.05) is 0 Å². The second-order valence-corrected chi connectivity index (χ2v) is 5.40. The molecule has 0 aliphatic carbocycles. The highest BCUT2D eigenvalue weighted by Gasteiger charge is 2.18. The van der Waals surface area contributed by atoms with Crippen LogP contribution >= 0.6 is 0 Å². The molecule has 9 heteroatoms. The second kappa shape index (κ2) is 6.20. The van der Waals surface area contributed by atoms with Crippen molar-refractivity contribution in [2.24, 2.45) is 0 Å². The number of anilines is 1. The quantitative estimate of drug-likeness (QED) is 0.583. The van der Waals surface area contributed by atoms with E-state index >= 15 is 0 Å². The minimum Gasteiger partial charge on any atom is -0.368 e. The Bertz CT molecular complexity index is 1130. The molecule has 0 atom stereocenters. The molecule has 3 aromatic heterocycles. The summed E-state index contributed by atoms with van der Waals surface area (Å²) in [4.78, 5) is 19.3. The third kappa shape index (κ3) is 2.81. The van der Waals surface area contributed by atoms with Crippen molar-refractivity contribution in [3.05, 3.63) is 71.0 Å². The molecule has 26 heavy (non-hydrogen) atoms. The Balaban J connectivity index is 1.95. The summed E-state index contributed by atoms with van der Waals surface area (Å²) in [6.07, 6.45) is 3.16. The number of nitrogen functional groups attached to an aromatic ring is 1. The monoisotopic (exact) mass is 349 g/mol. The molecule has 4 aromatic rings. The van der Waals surface area contributed by atoms with Crippen LogP contribution in [0, 0.1) is 5.82 Å². The van der Waals surface area contributed by atoms with Crippen LogP contribution in [-0.4, -0.2) is 29.9 Å². The smallest absolute Gasteiger partial charge is 0.264 e. The van der Waals surface area contributed by atoms with Crippen molar-refractivity contribution in [3.8, 4) is 28.3 Å². The van der Waals surface area contributed by atoms with E-state index in [1.54, 1.807) is 30.5 Å². The highest BCUT2D eigenvalue weighted by atomic mass is 19.1. The maximum atomic E-state index is 14.3. The molecule has 0 radical (unpaired) electrons. The van der Waals surface area contributed by atoms with Gasteiger partial charge in [0.15, 0.2) is 5.82 Å². The van der Waals surface area contributed by atoms with Crippen LogP contribution in [0.2, 0.25) is 0 Å². The zero-order chi connectivity index (χ0) is 18.1. The highest BCUT2D eigenvalue weighted by Crippen LogP contribution is 2.32. The van der Waals surface area contributed by atoms with Gasteiger partial charge in [0.1, 0.15) is 11.5 Å².